The highest BCUT2D eigenvalue weighted by atomic mass is 35.5. The Labute approximate surface area is 162 Å². The summed E-state index contributed by atoms with van der Waals surface area (Å²) in [6.07, 6.45) is 1.66. The summed E-state index contributed by atoms with van der Waals surface area (Å²) in [7, 11) is -3.39. The van der Waals surface area contributed by atoms with Gasteiger partial charge in [0.1, 0.15) is 0 Å². The minimum Gasteiger partial charge on any atom is -0.454 e. The molecule has 2 aromatic rings. The Balaban J connectivity index is 1.71. The molecule has 1 unspecified atom stereocenters. The number of carbonyl (C=O) groups excluding carboxylic acids is 2. The molecule has 1 aliphatic heterocycles. The van der Waals surface area contributed by atoms with E-state index in [9.17, 15) is 18.0 Å². The highest BCUT2D eigenvalue weighted by Crippen LogP contribution is 2.34. The molecular weight excluding hydrogens is 390 g/mol. The summed E-state index contributed by atoms with van der Waals surface area (Å²) in [5, 5.41) is 0.513. The molecule has 142 valence electrons. The van der Waals surface area contributed by atoms with Crippen molar-refractivity contribution < 1.29 is 22.7 Å². The number of benzene rings is 2. The van der Waals surface area contributed by atoms with E-state index in [-0.39, 0.29) is 24.0 Å². The lowest BCUT2D eigenvalue weighted by Crippen LogP contribution is -2.34. The zero-order chi connectivity index (χ0) is 19.8. The van der Waals surface area contributed by atoms with Crippen molar-refractivity contribution >= 4 is 39.1 Å². The normalized spacial score (nSPS) is 16.1. The monoisotopic (exact) mass is 407 g/mol. The zero-order valence-corrected chi connectivity index (χ0v) is 16.4. The summed E-state index contributed by atoms with van der Waals surface area (Å²) >= 11 is 5.78. The molecular formula is C19H18ClNO5S. The van der Waals surface area contributed by atoms with Crippen LogP contribution >= 0.6 is 11.6 Å². The molecule has 0 fully saturated rings. The molecule has 0 spiro atoms. The fourth-order valence-corrected chi connectivity index (χ4v) is 4.56. The molecule has 1 heterocycles. The Morgan fingerprint density at radius 3 is 2.41 bits per heavy atom. The molecule has 6 nitrogen and oxygen atoms in total. The number of fused-ring (bicyclic) bond motifs is 1. The topological polar surface area (TPSA) is 80.8 Å². The molecule has 0 bridgehead atoms. The van der Waals surface area contributed by atoms with E-state index >= 15 is 0 Å². The van der Waals surface area contributed by atoms with Crippen molar-refractivity contribution in [2.75, 3.05) is 17.2 Å². The lowest BCUT2D eigenvalue weighted by atomic mass is 10.1. The summed E-state index contributed by atoms with van der Waals surface area (Å²) in [5.41, 5.74) is 2.00. The number of nitrogens with zero attached hydrogens (tertiary/aromatic N) is 1. The van der Waals surface area contributed by atoms with Crippen molar-refractivity contribution in [1.82, 2.24) is 0 Å². The van der Waals surface area contributed by atoms with E-state index in [1.807, 2.05) is 6.92 Å². The van der Waals surface area contributed by atoms with Crippen molar-refractivity contribution in [3.8, 4) is 0 Å². The molecule has 1 aliphatic rings. The predicted octanol–water partition coefficient (Wildman–Crippen LogP) is 3.09. The van der Waals surface area contributed by atoms with Crippen molar-refractivity contribution in [2.45, 2.75) is 19.4 Å². The average Bonchev–Trinajstić information content (AvgIpc) is 2.94. The summed E-state index contributed by atoms with van der Waals surface area (Å²) in [4.78, 5) is 24.3. The van der Waals surface area contributed by atoms with Gasteiger partial charge in [0.2, 0.25) is 10.0 Å². The van der Waals surface area contributed by atoms with Crippen LogP contribution < -0.4 is 4.31 Å². The van der Waals surface area contributed by atoms with Gasteiger partial charge in [-0.1, -0.05) is 11.6 Å². The Morgan fingerprint density at radius 1 is 1.15 bits per heavy atom. The minimum atomic E-state index is -3.39. The number of sulfonamides is 1. The molecule has 3 rings (SSSR count). The van der Waals surface area contributed by atoms with Crippen LogP contribution in [0, 0.1) is 0 Å². The number of hydrogen-bond donors (Lipinski definition) is 0. The summed E-state index contributed by atoms with van der Waals surface area (Å²) < 4.78 is 30.3. The third kappa shape index (κ3) is 4.14. The van der Waals surface area contributed by atoms with Gasteiger partial charge in [0.25, 0.3) is 0 Å². The fourth-order valence-electron chi connectivity index (χ4n) is 3.17. The molecule has 8 heteroatoms. The van der Waals surface area contributed by atoms with Crippen molar-refractivity contribution in [3.63, 3.8) is 0 Å². The third-order valence-electron chi connectivity index (χ3n) is 4.33. The van der Waals surface area contributed by atoms with Gasteiger partial charge in [0, 0.05) is 16.6 Å². The molecule has 0 saturated heterocycles. The Kier molecular flexibility index (Phi) is 5.26. The average molecular weight is 408 g/mol. The highest BCUT2D eigenvalue weighted by Gasteiger charge is 2.32. The van der Waals surface area contributed by atoms with E-state index in [2.05, 4.69) is 0 Å². The fraction of sp³-hybridized carbons (Fsp3) is 0.263. The molecule has 1 atom stereocenters. The van der Waals surface area contributed by atoms with Gasteiger partial charge >= 0.3 is 5.97 Å². The number of carbonyl (C=O) groups is 2. The molecule has 27 heavy (non-hydrogen) atoms. The Hall–Kier alpha value is -2.38. The number of halogens is 1. The van der Waals surface area contributed by atoms with Crippen LogP contribution in [-0.2, 0) is 21.2 Å². The van der Waals surface area contributed by atoms with Crippen LogP contribution in [-0.4, -0.2) is 39.1 Å². The highest BCUT2D eigenvalue weighted by molar-refractivity contribution is 7.92. The summed E-state index contributed by atoms with van der Waals surface area (Å²) in [6, 6.07) is 10.8. The van der Waals surface area contributed by atoms with Crippen LogP contribution in [0.2, 0.25) is 5.02 Å². The van der Waals surface area contributed by atoms with Gasteiger partial charge in [-0.05, 0) is 61.4 Å². The minimum absolute atomic E-state index is 0.215. The van der Waals surface area contributed by atoms with E-state index in [1.165, 1.54) is 10.4 Å². The first-order valence-electron chi connectivity index (χ1n) is 8.25. The number of ether oxygens (including phenoxy) is 1. The van der Waals surface area contributed by atoms with Crippen LogP contribution in [0.1, 0.15) is 33.2 Å². The van der Waals surface area contributed by atoms with E-state index in [4.69, 9.17) is 16.3 Å². The van der Waals surface area contributed by atoms with Gasteiger partial charge < -0.3 is 4.74 Å². The second-order valence-electron chi connectivity index (χ2n) is 6.46. The van der Waals surface area contributed by atoms with Crippen LogP contribution in [0.25, 0.3) is 0 Å². The van der Waals surface area contributed by atoms with Crippen LogP contribution in [0.4, 0.5) is 5.69 Å². The van der Waals surface area contributed by atoms with Gasteiger partial charge in [0.15, 0.2) is 12.4 Å². The number of ketones is 1. The maximum absolute atomic E-state index is 12.3. The molecule has 0 N–H and O–H groups in total. The molecule has 0 saturated carbocycles. The van der Waals surface area contributed by atoms with Gasteiger partial charge in [-0.25, -0.2) is 13.2 Å². The van der Waals surface area contributed by atoms with Gasteiger partial charge in [-0.3, -0.25) is 9.10 Å². The third-order valence-corrected chi connectivity index (χ3v) is 5.85. The number of hydrogen-bond acceptors (Lipinski definition) is 5. The van der Waals surface area contributed by atoms with E-state index in [0.29, 0.717) is 22.7 Å². The quantitative estimate of drug-likeness (QED) is 0.562. The zero-order valence-electron chi connectivity index (χ0n) is 14.8. The van der Waals surface area contributed by atoms with Gasteiger partial charge in [-0.2, -0.15) is 0 Å². The molecule has 0 amide bonds. The standard InChI is InChI=1S/C19H18ClNO5S/c1-12-9-15-10-14(5-8-17(15)21(12)27(2,24)25)19(23)26-11-18(22)13-3-6-16(20)7-4-13/h3-8,10,12H,9,11H2,1-2H3. The molecule has 0 aliphatic carbocycles. The SMILES string of the molecule is CC1Cc2cc(C(=O)OCC(=O)c3ccc(Cl)cc3)ccc2N1S(C)(=O)=O. The van der Waals surface area contributed by atoms with Crippen molar-refractivity contribution in [1.29, 1.82) is 0 Å². The maximum Gasteiger partial charge on any atom is 0.338 e. The van der Waals surface area contributed by atoms with E-state index in [1.54, 1.807) is 36.4 Å². The maximum atomic E-state index is 12.3. The first kappa shape index (κ1) is 19.4. The Bertz CT molecular complexity index is 1000. The van der Waals surface area contributed by atoms with E-state index in [0.717, 1.165) is 11.8 Å². The lowest BCUT2D eigenvalue weighted by molar-refractivity contribution is 0.0474. The Morgan fingerprint density at radius 2 is 1.78 bits per heavy atom. The first-order chi connectivity index (χ1) is 12.7. The number of Topliss-reactive ketones (excluding diaryl/α,β-unsaturated/α-hetero) is 1. The van der Waals surface area contributed by atoms with Crippen LogP contribution in [0.3, 0.4) is 0 Å². The van der Waals surface area contributed by atoms with Crippen molar-refractivity contribution in [2.24, 2.45) is 0 Å². The van der Waals surface area contributed by atoms with Crippen LogP contribution in [0.15, 0.2) is 42.5 Å². The van der Waals surface area contributed by atoms with Crippen molar-refractivity contribution in [3.05, 3.63) is 64.2 Å². The molecule has 0 aromatic heterocycles. The summed E-state index contributed by atoms with van der Waals surface area (Å²) in [5.74, 6) is -0.969. The first-order valence-corrected chi connectivity index (χ1v) is 10.5. The van der Waals surface area contributed by atoms with Gasteiger partial charge in [-0.15, -0.1) is 0 Å². The second-order valence-corrected chi connectivity index (χ2v) is 8.76. The van der Waals surface area contributed by atoms with Crippen LogP contribution in [0.5, 0.6) is 0 Å². The summed E-state index contributed by atoms with van der Waals surface area (Å²) in [6.45, 7) is 1.42. The second kappa shape index (κ2) is 7.32. The molecule has 0 radical (unpaired) electrons. The smallest absolute Gasteiger partial charge is 0.338 e. The number of anilines is 1. The number of rotatable bonds is 5. The lowest BCUT2D eigenvalue weighted by Gasteiger charge is -2.21. The van der Waals surface area contributed by atoms with E-state index < -0.39 is 16.0 Å². The predicted molar refractivity (Wildman–Crippen MR) is 103 cm³/mol. The van der Waals surface area contributed by atoms with Gasteiger partial charge in [0.05, 0.1) is 17.5 Å². The molecule has 2 aromatic carbocycles. The largest absolute Gasteiger partial charge is 0.454 e. The number of esters is 1.